The highest BCUT2D eigenvalue weighted by molar-refractivity contribution is 6.29. The van der Waals surface area contributed by atoms with Crippen LogP contribution in [0.3, 0.4) is 0 Å². The number of hydrogen-bond acceptors (Lipinski definition) is 4. The first-order valence-corrected chi connectivity index (χ1v) is 7.38. The lowest BCUT2D eigenvalue weighted by molar-refractivity contribution is -0.152. The van der Waals surface area contributed by atoms with Crippen molar-refractivity contribution in [2.75, 3.05) is 13.1 Å². The highest BCUT2D eigenvalue weighted by atomic mass is 35.5. The normalized spacial score (nSPS) is 22.1. The molecule has 0 bridgehead atoms. The van der Waals surface area contributed by atoms with Crippen LogP contribution in [0.5, 0.6) is 0 Å². The summed E-state index contributed by atoms with van der Waals surface area (Å²) >= 11 is 5.65. The summed E-state index contributed by atoms with van der Waals surface area (Å²) in [5.41, 5.74) is -0.653. The van der Waals surface area contributed by atoms with Gasteiger partial charge in [0.25, 0.3) is 5.91 Å². The minimum atomic E-state index is -0.845. The summed E-state index contributed by atoms with van der Waals surface area (Å²) in [4.78, 5) is 25.6. The maximum atomic E-state index is 12.4. The molecule has 7 heteroatoms. The third-order valence-electron chi connectivity index (χ3n) is 3.90. The van der Waals surface area contributed by atoms with E-state index in [9.17, 15) is 14.7 Å². The number of amides is 1. The topological polar surface area (TPSA) is 83.4 Å². The smallest absolute Gasteiger partial charge is 0.311 e. The van der Waals surface area contributed by atoms with Crippen molar-refractivity contribution >= 4 is 23.5 Å². The SMILES string of the molecule is CCCC1(C(=O)O)CCCN(C(=O)c2ccc(Cl)nn2)C1. The van der Waals surface area contributed by atoms with Crippen LogP contribution >= 0.6 is 11.6 Å². The fourth-order valence-electron chi connectivity index (χ4n) is 2.86. The predicted molar refractivity (Wildman–Crippen MR) is 77.2 cm³/mol. The summed E-state index contributed by atoms with van der Waals surface area (Å²) in [6.07, 6.45) is 2.62. The van der Waals surface area contributed by atoms with Gasteiger partial charge in [-0.1, -0.05) is 24.9 Å². The second-order valence-electron chi connectivity index (χ2n) is 5.41. The van der Waals surface area contributed by atoms with Gasteiger partial charge < -0.3 is 10.0 Å². The molecule has 21 heavy (non-hydrogen) atoms. The molecule has 1 aromatic heterocycles. The van der Waals surface area contributed by atoms with E-state index < -0.39 is 11.4 Å². The van der Waals surface area contributed by atoms with Crippen molar-refractivity contribution in [2.24, 2.45) is 5.41 Å². The molecular weight excluding hydrogens is 294 g/mol. The average Bonchev–Trinajstić information content (AvgIpc) is 2.48. The summed E-state index contributed by atoms with van der Waals surface area (Å²) in [7, 11) is 0. The molecule has 0 spiro atoms. The number of carboxylic acid groups (broad SMARTS) is 1. The van der Waals surface area contributed by atoms with Crippen LogP contribution in [-0.2, 0) is 4.79 Å². The first-order valence-electron chi connectivity index (χ1n) is 7.00. The van der Waals surface area contributed by atoms with Gasteiger partial charge in [-0.3, -0.25) is 9.59 Å². The van der Waals surface area contributed by atoms with Crippen LogP contribution < -0.4 is 0 Å². The van der Waals surface area contributed by atoms with Gasteiger partial charge in [-0.15, -0.1) is 10.2 Å². The molecule has 2 rings (SSSR count). The van der Waals surface area contributed by atoms with Gasteiger partial charge in [-0.25, -0.2) is 0 Å². The highest BCUT2D eigenvalue weighted by Crippen LogP contribution is 2.35. The van der Waals surface area contributed by atoms with Crippen LogP contribution in [0.4, 0.5) is 0 Å². The zero-order valence-electron chi connectivity index (χ0n) is 11.9. The van der Waals surface area contributed by atoms with Crippen LogP contribution in [-0.4, -0.2) is 45.2 Å². The number of aromatic nitrogens is 2. The van der Waals surface area contributed by atoms with E-state index in [0.717, 1.165) is 6.42 Å². The number of halogens is 1. The zero-order chi connectivity index (χ0) is 15.5. The Bertz CT molecular complexity index is 531. The lowest BCUT2D eigenvalue weighted by Gasteiger charge is -2.39. The Hall–Kier alpha value is -1.69. The van der Waals surface area contributed by atoms with Crippen LogP contribution in [0.2, 0.25) is 5.15 Å². The molecule has 2 heterocycles. The molecule has 0 aromatic carbocycles. The molecule has 1 saturated heterocycles. The third-order valence-corrected chi connectivity index (χ3v) is 4.10. The number of piperidine rings is 1. The van der Waals surface area contributed by atoms with Gasteiger partial charge in [0.2, 0.25) is 0 Å². The second-order valence-corrected chi connectivity index (χ2v) is 5.79. The van der Waals surface area contributed by atoms with Gasteiger partial charge >= 0.3 is 5.97 Å². The van der Waals surface area contributed by atoms with Gasteiger partial charge in [-0.2, -0.15) is 0 Å². The molecule has 1 aliphatic heterocycles. The first-order chi connectivity index (χ1) is 9.98. The minimum absolute atomic E-state index is 0.192. The predicted octanol–water partition coefficient (Wildman–Crippen LogP) is 2.24. The molecule has 1 N–H and O–H groups in total. The van der Waals surface area contributed by atoms with E-state index in [-0.39, 0.29) is 23.3 Å². The van der Waals surface area contributed by atoms with Crippen molar-refractivity contribution in [2.45, 2.75) is 32.6 Å². The van der Waals surface area contributed by atoms with Gasteiger partial charge in [0.05, 0.1) is 5.41 Å². The molecule has 0 saturated carbocycles. The molecule has 1 fully saturated rings. The number of carboxylic acids is 1. The van der Waals surface area contributed by atoms with E-state index in [1.165, 1.54) is 12.1 Å². The lowest BCUT2D eigenvalue weighted by Crippen LogP contribution is -2.50. The van der Waals surface area contributed by atoms with Crippen molar-refractivity contribution in [1.29, 1.82) is 0 Å². The van der Waals surface area contributed by atoms with Crippen molar-refractivity contribution in [3.63, 3.8) is 0 Å². The first kappa shape index (κ1) is 15.7. The molecule has 1 aromatic rings. The monoisotopic (exact) mass is 311 g/mol. The number of hydrogen-bond donors (Lipinski definition) is 1. The van der Waals surface area contributed by atoms with Crippen LogP contribution in [0.1, 0.15) is 43.1 Å². The Kier molecular flexibility index (Phi) is 4.77. The molecular formula is C14H18ClN3O3. The van der Waals surface area contributed by atoms with E-state index in [2.05, 4.69) is 10.2 Å². The van der Waals surface area contributed by atoms with Crippen molar-refractivity contribution in [3.8, 4) is 0 Å². The van der Waals surface area contributed by atoms with Crippen molar-refractivity contribution in [3.05, 3.63) is 23.0 Å². The average molecular weight is 312 g/mol. The number of carbonyl (C=O) groups excluding carboxylic acids is 1. The fourth-order valence-corrected chi connectivity index (χ4v) is 2.96. The second kappa shape index (κ2) is 6.39. The van der Waals surface area contributed by atoms with Gasteiger partial charge in [0, 0.05) is 13.1 Å². The molecule has 0 radical (unpaired) electrons. The Morgan fingerprint density at radius 3 is 2.76 bits per heavy atom. The van der Waals surface area contributed by atoms with Crippen LogP contribution in [0, 0.1) is 5.41 Å². The summed E-state index contributed by atoms with van der Waals surface area (Å²) in [6.45, 7) is 2.72. The zero-order valence-corrected chi connectivity index (χ0v) is 12.6. The van der Waals surface area contributed by atoms with E-state index in [1.54, 1.807) is 4.90 Å². The van der Waals surface area contributed by atoms with Crippen LogP contribution in [0.25, 0.3) is 0 Å². The summed E-state index contributed by atoms with van der Waals surface area (Å²) in [6, 6.07) is 3.01. The molecule has 1 aliphatic rings. The van der Waals surface area contributed by atoms with E-state index in [1.807, 2.05) is 6.92 Å². The van der Waals surface area contributed by atoms with Gasteiger partial charge in [0.15, 0.2) is 10.8 Å². The number of nitrogens with zero attached hydrogens (tertiary/aromatic N) is 3. The summed E-state index contributed by atoms with van der Waals surface area (Å²) in [5.74, 6) is -1.12. The van der Waals surface area contributed by atoms with E-state index in [0.29, 0.717) is 25.8 Å². The Morgan fingerprint density at radius 1 is 1.43 bits per heavy atom. The van der Waals surface area contributed by atoms with Gasteiger partial charge in [0.1, 0.15) is 0 Å². The quantitative estimate of drug-likeness (QED) is 0.922. The van der Waals surface area contributed by atoms with Crippen LogP contribution in [0.15, 0.2) is 12.1 Å². The maximum absolute atomic E-state index is 12.4. The standard InChI is InChI=1S/C14H18ClN3O3/c1-2-6-14(13(20)21)7-3-8-18(9-14)12(19)10-4-5-11(15)17-16-10/h4-5H,2-3,6-9H2,1H3,(H,20,21). The molecule has 1 atom stereocenters. The Balaban J connectivity index is 2.18. The largest absolute Gasteiger partial charge is 0.481 e. The molecule has 1 unspecified atom stereocenters. The molecule has 6 nitrogen and oxygen atoms in total. The molecule has 114 valence electrons. The van der Waals surface area contributed by atoms with E-state index in [4.69, 9.17) is 11.6 Å². The number of aliphatic carboxylic acids is 1. The van der Waals surface area contributed by atoms with Gasteiger partial charge in [-0.05, 0) is 31.4 Å². The number of carbonyl (C=O) groups is 2. The van der Waals surface area contributed by atoms with Crippen molar-refractivity contribution < 1.29 is 14.7 Å². The molecule has 1 amide bonds. The summed E-state index contributed by atoms with van der Waals surface area (Å²) in [5, 5.41) is 17.2. The Labute approximate surface area is 128 Å². The third kappa shape index (κ3) is 3.32. The summed E-state index contributed by atoms with van der Waals surface area (Å²) < 4.78 is 0. The van der Waals surface area contributed by atoms with E-state index >= 15 is 0 Å². The fraction of sp³-hybridized carbons (Fsp3) is 0.571. The van der Waals surface area contributed by atoms with Crippen molar-refractivity contribution in [1.82, 2.24) is 15.1 Å². The highest BCUT2D eigenvalue weighted by Gasteiger charge is 2.43. The lowest BCUT2D eigenvalue weighted by atomic mass is 9.76. The minimum Gasteiger partial charge on any atom is -0.481 e. The Morgan fingerprint density at radius 2 is 2.19 bits per heavy atom. The molecule has 0 aliphatic carbocycles. The number of rotatable bonds is 4. The number of likely N-dealkylation sites (tertiary alicyclic amines) is 1. The maximum Gasteiger partial charge on any atom is 0.311 e.